The molecule has 1 aliphatic rings. The number of amides is 1. The first-order valence-electron chi connectivity index (χ1n) is 6.38. The number of hydrogen-bond acceptors (Lipinski definition) is 4. The van der Waals surface area contributed by atoms with Crippen molar-refractivity contribution in [3.05, 3.63) is 45.4 Å². The van der Waals surface area contributed by atoms with Crippen molar-refractivity contribution in [1.29, 1.82) is 0 Å². The topological polar surface area (TPSA) is 55.4 Å². The number of carbonyl (C=O) groups is 2. The van der Waals surface area contributed by atoms with E-state index in [4.69, 9.17) is 4.74 Å². The normalized spacial score (nSPS) is 13.5. The number of ketones is 1. The number of rotatable bonds is 3. The zero-order chi connectivity index (χ0) is 15.0. The molecule has 4 nitrogen and oxygen atoms in total. The van der Waals surface area contributed by atoms with Crippen LogP contribution in [0.15, 0.2) is 23.6 Å². The maximum Gasteiger partial charge on any atom is 0.224 e. The van der Waals surface area contributed by atoms with Gasteiger partial charge in [0.15, 0.2) is 0 Å². The van der Waals surface area contributed by atoms with Gasteiger partial charge in [-0.3, -0.25) is 9.59 Å². The van der Waals surface area contributed by atoms with Gasteiger partial charge >= 0.3 is 0 Å². The second-order valence-corrected chi connectivity index (χ2v) is 5.63. The van der Waals surface area contributed by atoms with Gasteiger partial charge in [-0.25, -0.2) is 4.39 Å². The number of nitrogens with one attached hydrogen (secondary N) is 1. The first-order chi connectivity index (χ1) is 10.1. The fourth-order valence-corrected chi connectivity index (χ4v) is 3.06. The van der Waals surface area contributed by atoms with E-state index in [1.54, 1.807) is 11.4 Å². The Hall–Kier alpha value is -2.21. The number of benzene rings is 1. The van der Waals surface area contributed by atoms with Crippen molar-refractivity contribution in [3.8, 4) is 5.75 Å². The fraction of sp³-hybridized carbons (Fsp3) is 0.200. The van der Waals surface area contributed by atoms with E-state index in [2.05, 4.69) is 5.32 Å². The SMILES string of the molecule is COc1csc(C(=O)c2cc3c(cc2F)NC(=O)CC3)c1. The lowest BCUT2D eigenvalue weighted by Gasteiger charge is -2.17. The zero-order valence-electron chi connectivity index (χ0n) is 11.2. The summed E-state index contributed by atoms with van der Waals surface area (Å²) in [6, 6.07) is 4.33. The molecule has 2 heterocycles. The molecule has 1 amide bonds. The summed E-state index contributed by atoms with van der Waals surface area (Å²) in [6.45, 7) is 0. The van der Waals surface area contributed by atoms with Gasteiger partial charge in [-0.05, 0) is 24.1 Å². The molecule has 3 rings (SSSR count). The van der Waals surface area contributed by atoms with E-state index in [0.29, 0.717) is 29.2 Å². The molecule has 0 radical (unpaired) electrons. The molecule has 0 saturated heterocycles. The number of carbonyl (C=O) groups excluding carboxylic acids is 2. The van der Waals surface area contributed by atoms with Crippen molar-refractivity contribution in [2.24, 2.45) is 0 Å². The summed E-state index contributed by atoms with van der Waals surface area (Å²) in [5.74, 6) is -0.563. The Morgan fingerprint density at radius 2 is 2.14 bits per heavy atom. The van der Waals surface area contributed by atoms with Crippen LogP contribution < -0.4 is 10.1 Å². The van der Waals surface area contributed by atoms with Crippen molar-refractivity contribution < 1.29 is 18.7 Å². The smallest absolute Gasteiger partial charge is 0.224 e. The highest BCUT2D eigenvalue weighted by Crippen LogP contribution is 2.29. The molecule has 2 aromatic rings. The molecule has 0 unspecified atom stereocenters. The quantitative estimate of drug-likeness (QED) is 0.887. The standard InChI is InChI=1S/C15H12FNO3S/c1-20-9-5-13(21-7-9)15(19)10-4-8-2-3-14(18)17-12(8)6-11(10)16/h4-7H,2-3H2,1H3,(H,17,18). The summed E-state index contributed by atoms with van der Waals surface area (Å²) in [5.41, 5.74) is 1.25. The van der Waals surface area contributed by atoms with Gasteiger partial charge in [0.1, 0.15) is 11.6 Å². The third-order valence-electron chi connectivity index (χ3n) is 3.37. The maximum atomic E-state index is 14.1. The minimum atomic E-state index is -0.631. The summed E-state index contributed by atoms with van der Waals surface area (Å²) in [7, 11) is 1.51. The van der Waals surface area contributed by atoms with Crippen LogP contribution in [0.25, 0.3) is 0 Å². The highest BCUT2D eigenvalue weighted by Gasteiger charge is 2.22. The van der Waals surface area contributed by atoms with E-state index >= 15 is 0 Å². The van der Waals surface area contributed by atoms with E-state index in [0.717, 1.165) is 5.56 Å². The molecular weight excluding hydrogens is 293 g/mol. The first kappa shape index (κ1) is 13.8. The predicted molar refractivity (Wildman–Crippen MR) is 77.7 cm³/mol. The highest BCUT2D eigenvalue weighted by atomic mass is 32.1. The Kier molecular flexibility index (Phi) is 3.47. The molecule has 1 aliphatic heterocycles. The summed E-state index contributed by atoms with van der Waals surface area (Å²) < 4.78 is 19.2. The monoisotopic (exact) mass is 305 g/mol. The van der Waals surface area contributed by atoms with Gasteiger partial charge in [-0.1, -0.05) is 0 Å². The Balaban J connectivity index is 1.98. The van der Waals surface area contributed by atoms with Gasteiger partial charge < -0.3 is 10.1 Å². The van der Waals surface area contributed by atoms with Crippen LogP contribution in [0.5, 0.6) is 5.75 Å². The largest absolute Gasteiger partial charge is 0.496 e. The third kappa shape index (κ3) is 2.54. The van der Waals surface area contributed by atoms with Crippen molar-refractivity contribution >= 4 is 28.7 Å². The first-order valence-corrected chi connectivity index (χ1v) is 7.26. The molecule has 0 saturated carbocycles. The van der Waals surface area contributed by atoms with E-state index in [-0.39, 0.29) is 17.3 Å². The van der Waals surface area contributed by atoms with Gasteiger partial charge in [0.2, 0.25) is 11.7 Å². The summed E-state index contributed by atoms with van der Waals surface area (Å²) in [6.07, 6.45) is 0.856. The molecule has 0 atom stereocenters. The maximum absolute atomic E-state index is 14.1. The number of hydrogen-bond donors (Lipinski definition) is 1. The van der Waals surface area contributed by atoms with Crippen molar-refractivity contribution in [2.75, 3.05) is 12.4 Å². The van der Waals surface area contributed by atoms with Crippen molar-refractivity contribution in [1.82, 2.24) is 0 Å². The van der Waals surface area contributed by atoms with E-state index < -0.39 is 5.82 Å². The molecule has 1 aromatic heterocycles. The van der Waals surface area contributed by atoms with Crippen LogP contribution in [0.3, 0.4) is 0 Å². The molecule has 21 heavy (non-hydrogen) atoms. The van der Waals surface area contributed by atoms with Gasteiger partial charge in [-0.2, -0.15) is 0 Å². The minimum absolute atomic E-state index is 0.0226. The van der Waals surface area contributed by atoms with Crippen LogP contribution >= 0.6 is 11.3 Å². The number of aryl methyl sites for hydroxylation is 1. The van der Waals surface area contributed by atoms with Crippen LogP contribution in [0.1, 0.15) is 27.2 Å². The van der Waals surface area contributed by atoms with E-state index in [1.807, 2.05) is 0 Å². The van der Waals surface area contributed by atoms with Crippen LogP contribution in [0.2, 0.25) is 0 Å². The molecule has 0 fully saturated rings. The van der Waals surface area contributed by atoms with E-state index in [1.165, 1.54) is 30.6 Å². The summed E-state index contributed by atoms with van der Waals surface area (Å²) >= 11 is 1.21. The molecule has 0 aliphatic carbocycles. The van der Waals surface area contributed by atoms with Crippen molar-refractivity contribution in [2.45, 2.75) is 12.8 Å². The summed E-state index contributed by atoms with van der Waals surface area (Å²) in [4.78, 5) is 24.1. The predicted octanol–water partition coefficient (Wildman–Crippen LogP) is 3.01. The van der Waals surface area contributed by atoms with Crippen LogP contribution in [0, 0.1) is 5.82 Å². The van der Waals surface area contributed by atoms with Crippen LogP contribution in [-0.4, -0.2) is 18.8 Å². The van der Waals surface area contributed by atoms with Gasteiger partial charge in [0, 0.05) is 23.6 Å². The van der Waals surface area contributed by atoms with Gasteiger partial charge in [-0.15, -0.1) is 11.3 Å². The summed E-state index contributed by atoms with van der Waals surface area (Å²) in [5, 5.41) is 4.31. The van der Waals surface area contributed by atoms with Gasteiger partial charge in [0.25, 0.3) is 0 Å². The Labute approximate surface area is 124 Å². The molecular formula is C15H12FNO3S. The molecule has 1 aromatic carbocycles. The number of ether oxygens (including phenoxy) is 1. The van der Waals surface area contributed by atoms with Crippen LogP contribution in [-0.2, 0) is 11.2 Å². The van der Waals surface area contributed by atoms with Crippen molar-refractivity contribution in [3.63, 3.8) is 0 Å². The number of methoxy groups -OCH3 is 1. The third-order valence-corrected chi connectivity index (χ3v) is 4.28. The Morgan fingerprint density at radius 3 is 2.86 bits per heavy atom. The number of thiophene rings is 1. The molecule has 0 spiro atoms. The second kappa shape index (κ2) is 5.29. The molecule has 6 heteroatoms. The average Bonchev–Trinajstić information content (AvgIpc) is 2.94. The van der Waals surface area contributed by atoms with Crippen LogP contribution in [0.4, 0.5) is 10.1 Å². The fourth-order valence-electron chi connectivity index (χ4n) is 2.25. The van der Waals surface area contributed by atoms with E-state index in [9.17, 15) is 14.0 Å². The lowest BCUT2D eigenvalue weighted by Crippen LogP contribution is -2.20. The highest BCUT2D eigenvalue weighted by molar-refractivity contribution is 7.12. The second-order valence-electron chi connectivity index (χ2n) is 4.72. The number of anilines is 1. The number of halogens is 1. The van der Waals surface area contributed by atoms with Gasteiger partial charge in [0.05, 0.1) is 17.6 Å². The zero-order valence-corrected chi connectivity index (χ0v) is 12.1. The number of fused-ring (bicyclic) bond motifs is 1. The molecule has 0 bridgehead atoms. The minimum Gasteiger partial charge on any atom is -0.496 e. The molecule has 1 N–H and O–H groups in total. The lowest BCUT2D eigenvalue weighted by atomic mass is 9.98. The Bertz CT molecular complexity index is 739. The lowest BCUT2D eigenvalue weighted by molar-refractivity contribution is -0.116. The Morgan fingerprint density at radius 1 is 1.33 bits per heavy atom. The average molecular weight is 305 g/mol. The molecule has 108 valence electrons.